The molecular weight excluding hydrogens is 319 g/mol. The minimum absolute atomic E-state index is 0.0687. The van der Waals surface area contributed by atoms with Gasteiger partial charge in [-0.05, 0) is 43.0 Å². The lowest BCUT2D eigenvalue weighted by molar-refractivity contribution is -0.136. The quantitative estimate of drug-likeness (QED) is 0.749. The maximum atomic E-state index is 13.7. The molecule has 0 spiro atoms. The van der Waals surface area contributed by atoms with Gasteiger partial charge < -0.3 is 15.7 Å². The molecule has 0 radical (unpaired) electrons. The molecular formula is C16H17FN2O3S. The van der Waals surface area contributed by atoms with Gasteiger partial charge in [-0.2, -0.15) is 0 Å². The molecule has 2 amide bonds. The number of benzene rings is 1. The number of anilines is 1. The van der Waals surface area contributed by atoms with Crippen molar-refractivity contribution >= 4 is 28.8 Å². The topological polar surface area (TPSA) is 78.4 Å². The molecule has 1 unspecified atom stereocenters. The van der Waals surface area contributed by atoms with Gasteiger partial charge in [-0.25, -0.2) is 4.39 Å². The number of rotatable bonds is 4. The van der Waals surface area contributed by atoms with Crippen LogP contribution in [-0.4, -0.2) is 23.5 Å². The molecule has 2 rings (SSSR count). The Bertz CT molecular complexity index is 714. The number of halogens is 1. The average molecular weight is 336 g/mol. The fourth-order valence-corrected chi connectivity index (χ4v) is 2.69. The predicted octanol–water partition coefficient (Wildman–Crippen LogP) is 2.16. The van der Waals surface area contributed by atoms with Gasteiger partial charge in [0.05, 0.1) is 12.2 Å². The first-order valence-electron chi connectivity index (χ1n) is 6.91. The second-order valence-electron chi connectivity index (χ2n) is 5.37. The van der Waals surface area contributed by atoms with Crippen LogP contribution in [0.25, 0.3) is 0 Å². The molecule has 3 N–H and O–H groups in total. The van der Waals surface area contributed by atoms with E-state index in [0.717, 1.165) is 0 Å². The third-order valence-corrected chi connectivity index (χ3v) is 4.35. The van der Waals surface area contributed by atoms with Crippen molar-refractivity contribution in [1.29, 1.82) is 0 Å². The van der Waals surface area contributed by atoms with Crippen molar-refractivity contribution in [2.45, 2.75) is 19.4 Å². The number of carbonyl (C=O) groups excluding carboxylic acids is 2. The lowest BCUT2D eigenvalue weighted by atomic mass is 10.1. The van der Waals surface area contributed by atoms with Crippen LogP contribution in [0.5, 0.6) is 0 Å². The predicted molar refractivity (Wildman–Crippen MR) is 86.7 cm³/mol. The van der Waals surface area contributed by atoms with E-state index in [-0.39, 0.29) is 12.2 Å². The van der Waals surface area contributed by atoms with Crippen LogP contribution in [-0.2, 0) is 15.2 Å². The second kappa shape index (κ2) is 6.89. The van der Waals surface area contributed by atoms with Crippen molar-refractivity contribution in [3.63, 3.8) is 0 Å². The van der Waals surface area contributed by atoms with E-state index in [0.29, 0.717) is 10.4 Å². The third-order valence-electron chi connectivity index (χ3n) is 3.22. The van der Waals surface area contributed by atoms with Crippen molar-refractivity contribution in [1.82, 2.24) is 5.32 Å². The summed E-state index contributed by atoms with van der Waals surface area (Å²) in [6.45, 7) is 3.13. The summed E-state index contributed by atoms with van der Waals surface area (Å²) in [5.74, 6) is -2.55. The lowest BCUT2D eigenvalue weighted by Gasteiger charge is -2.22. The van der Waals surface area contributed by atoms with Crippen molar-refractivity contribution in [3.05, 3.63) is 52.0 Å². The molecule has 122 valence electrons. The Hall–Kier alpha value is -2.25. The van der Waals surface area contributed by atoms with E-state index in [9.17, 15) is 19.1 Å². The molecule has 1 aromatic heterocycles. The SMILES string of the molecule is Cc1ccc(NC(=O)C(=O)NCC(C)(O)c2cccs2)c(F)c1. The van der Waals surface area contributed by atoms with Crippen LogP contribution in [0.2, 0.25) is 0 Å². The monoisotopic (exact) mass is 336 g/mol. The van der Waals surface area contributed by atoms with E-state index < -0.39 is 23.2 Å². The normalized spacial score (nSPS) is 13.2. The van der Waals surface area contributed by atoms with E-state index in [1.165, 1.54) is 30.4 Å². The fraction of sp³-hybridized carbons (Fsp3) is 0.250. The largest absolute Gasteiger partial charge is 0.383 e. The van der Waals surface area contributed by atoms with E-state index in [1.54, 1.807) is 30.5 Å². The fourth-order valence-electron chi connectivity index (χ4n) is 1.91. The molecule has 2 aromatic rings. The number of thiophene rings is 1. The summed E-state index contributed by atoms with van der Waals surface area (Å²) in [5.41, 5.74) is -0.642. The number of nitrogens with one attached hydrogen (secondary N) is 2. The summed E-state index contributed by atoms with van der Waals surface area (Å²) in [6.07, 6.45) is 0. The summed E-state index contributed by atoms with van der Waals surface area (Å²) >= 11 is 1.34. The van der Waals surface area contributed by atoms with Crippen LogP contribution >= 0.6 is 11.3 Å². The van der Waals surface area contributed by atoms with Gasteiger partial charge in [0, 0.05) is 4.88 Å². The van der Waals surface area contributed by atoms with Gasteiger partial charge in [0.15, 0.2) is 0 Å². The zero-order chi connectivity index (χ0) is 17.0. The first kappa shape index (κ1) is 17.1. The Balaban J connectivity index is 1.94. The highest BCUT2D eigenvalue weighted by Crippen LogP contribution is 2.24. The zero-order valence-corrected chi connectivity index (χ0v) is 13.5. The highest BCUT2D eigenvalue weighted by molar-refractivity contribution is 7.10. The number of amides is 2. The molecule has 1 heterocycles. The molecule has 0 fully saturated rings. The first-order chi connectivity index (χ1) is 10.8. The Labute approximate surface area is 137 Å². The van der Waals surface area contributed by atoms with Gasteiger partial charge >= 0.3 is 11.8 Å². The standard InChI is InChI=1S/C16H17FN2O3S/c1-10-5-6-12(11(17)8-10)19-15(21)14(20)18-9-16(2,22)13-4-3-7-23-13/h3-8,22H,9H2,1-2H3,(H,18,20)(H,19,21). The molecule has 0 aliphatic rings. The van der Waals surface area contributed by atoms with Gasteiger partial charge in [0.2, 0.25) is 0 Å². The van der Waals surface area contributed by atoms with Crippen LogP contribution in [0, 0.1) is 12.7 Å². The third kappa shape index (κ3) is 4.37. The van der Waals surface area contributed by atoms with Gasteiger partial charge in [-0.15, -0.1) is 11.3 Å². The molecule has 0 saturated heterocycles. The number of hydrogen-bond acceptors (Lipinski definition) is 4. The van der Waals surface area contributed by atoms with Crippen LogP contribution in [0.1, 0.15) is 17.4 Å². The molecule has 1 atom stereocenters. The average Bonchev–Trinajstić information content (AvgIpc) is 3.02. The summed E-state index contributed by atoms with van der Waals surface area (Å²) < 4.78 is 13.7. The Morgan fingerprint density at radius 2 is 2.04 bits per heavy atom. The van der Waals surface area contributed by atoms with Crippen LogP contribution < -0.4 is 10.6 Å². The van der Waals surface area contributed by atoms with Crippen LogP contribution in [0.15, 0.2) is 35.7 Å². The van der Waals surface area contributed by atoms with Gasteiger partial charge in [-0.1, -0.05) is 12.1 Å². The lowest BCUT2D eigenvalue weighted by Crippen LogP contribution is -2.43. The smallest absolute Gasteiger partial charge is 0.313 e. The Kier molecular flexibility index (Phi) is 5.12. The molecule has 1 aromatic carbocycles. The minimum Gasteiger partial charge on any atom is -0.383 e. The summed E-state index contributed by atoms with van der Waals surface area (Å²) in [7, 11) is 0. The number of carbonyl (C=O) groups is 2. The van der Waals surface area contributed by atoms with Crippen molar-refractivity contribution < 1.29 is 19.1 Å². The number of aryl methyl sites for hydroxylation is 1. The summed E-state index contributed by atoms with van der Waals surface area (Å²) in [4.78, 5) is 24.2. The van der Waals surface area contributed by atoms with Crippen molar-refractivity contribution in [2.24, 2.45) is 0 Å². The Morgan fingerprint density at radius 1 is 1.30 bits per heavy atom. The Morgan fingerprint density at radius 3 is 2.65 bits per heavy atom. The van der Waals surface area contributed by atoms with E-state index in [1.807, 2.05) is 0 Å². The molecule has 0 aliphatic carbocycles. The maximum absolute atomic E-state index is 13.7. The van der Waals surface area contributed by atoms with E-state index >= 15 is 0 Å². The van der Waals surface area contributed by atoms with Crippen LogP contribution in [0.4, 0.5) is 10.1 Å². The summed E-state index contributed by atoms with van der Waals surface area (Å²) in [5, 5.41) is 16.6. The molecule has 23 heavy (non-hydrogen) atoms. The molecule has 0 saturated carbocycles. The molecule has 0 bridgehead atoms. The zero-order valence-electron chi connectivity index (χ0n) is 12.7. The number of hydrogen-bond donors (Lipinski definition) is 3. The molecule has 7 heteroatoms. The minimum atomic E-state index is -1.28. The van der Waals surface area contributed by atoms with Gasteiger partial charge in [0.1, 0.15) is 11.4 Å². The van der Waals surface area contributed by atoms with E-state index in [4.69, 9.17) is 0 Å². The van der Waals surface area contributed by atoms with Gasteiger partial charge in [-0.3, -0.25) is 9.59 Å². The molecule has 0 aliphatic heterocycles. The van der Waals surface area contributed by atoms with E-state index in [2.05, 4.69) is 10.6 Å². The highest BCUT2D eigenvalue weighted by Gasteiger charge is 2.26. The first-order valence-corrected chi connectivity index (χ1v) is 7.79. The number of aliphatic hydroxyl groups is 1. The maximum Gasteiger partial charge on any atom is 0.313 e. The molecule has 5 nitrogen and oxygen atoms in total. The van der Waals surface area contributed by atoms with Crippen LogP contribution in [0.3, 0.4) is 0 Å². The van der Waals surface area contributed by atoms with Gasteiger partial charge in [0.25, 0.3) is 0 Å². The second-order valence-corrected chi connectivity index (χ2v) is 6.32. The summed E-state index contributed by atoms with van der Waals surface area (Å²) in [6, 6.07) is 7.78. The highest BCUT2D eigenvalue weighted by atomic mass is 32.1. The van der Waals surface area contributed by atoms with Crippen molar-refractivity contribution in [2.75, 3.05) is 11.9 Å². The van der Waals surface area contributed by atoms with Crippen molar-refractivity contribution in [3.8, 4) is 0 Å².